The molecule has 16 heavy (non-hydrogen) atoms. The summed E-state index contributed by atoms with van der Waals surface area (Å²) in [5.41, 5.74) is -0.0244. The average Bonchev–Trinajstić information content (AvgIpc) is 2.27. The molecule has 0 bridgehead atoms. The van der Waals surface area contributed by atoms with Gasteiger partial charge in [-0.25, -0.2) is 9.79 Å². The van der Waals surface area contributed by atoms with Crippen molar-refractivity contribution in [2.24, 2.45) is 4.99 Å². The number of para-hydroxylation sites is 2. The molecule has 0 aromatic heterocycles. The Bertz CT molecular complexity index is 429. The molecule has 0 spiro atoms. The maximum atomic E-state index is 11.0. The molecule has 1 rings (SSSR count). The van der Waals surface area contributed by atoms with E-state index in [1.165, 1.54) is 18.2 Å². The Morgan fingerprint density at radius 1 is 1.56 bits per heavy atom. The van der Waals surface area contributed by atoms with Crippen molar-refractivity contribution in [1.29, 1.82) is 0 Å². The minimum absolute atomic E-state index is 0.126. The van der Waals surface area contributed by atoms with Gasteiger partial charge in [0.2, 0.25) is 0 Å². The summed E-state index contributed by atoms with van der Waals surface area (Å²) in [7, 11) is 0. The highest BCUT2D eigenvalue weighted by Gasteiger charge is 2.10. The summed E-state index contributed by atoms with van der Waals surface area (Å²) >= 11 is 0. The van der Waals surface area contributed by atoms with Gasteiger partial charge in [0.25, 0.3) is 5.69 Å². The Morgan fingerprint density at radius 3 is 2.88 bits per heavy atom. The summed E-state index contributed by atoms with van der Waals surface area (Å²) in [5, 5.41) is 10.6. The van der Waals surface area contributed by atoms with Crippen molar-refractivity contribution in [3.8, 4) is 0 Å². The standard InChI is InChI=1S/C10H10N2O4/c1-2-16-10(13)7-11-8-5-3-4-6-9(8)12(14)15/h3-7H,2H2,1H3. The third-order valence-corrected chi connectivity index (χ3v) is 1.67. The van der Waals surface area contributed by atoms with Crippen LogP contribution in [0, 0.1) is 10.1 Å². The number of ether oxygens (including phenoxy) is 1. The minimum Gasteiger partial charge on any atom is -0.462 e. The van der Waals surface area contributed by atoms with E-state index in [0.29, 0.717) is 0 Å². The average molecular weight is 222 g/mol. The van der Waals surface area contributed by atoms with Crippen molar-refractivity contribution in [2.45, 2.75) is 6.92 Å². The number of esters is 1. The second kappa shape index (κ2) is 5.59. The Balaban J connectivity index is 2.88. The number of carbonyl (C=O) groups excluding carboxylic acids is 1. The summed E-state index contributed by atoms with van der Waals surface area (Å²) in [5.74, 6) is -0.624. The van der Waals surface area contributed by atoms with Crippen LogP contribution >= 0.6 is 0 Å². The molecule has 84 valence electrons. The van der Waals surface area contributed by atoms with Crippen LogP contribution in [0.15, 0.2) is 29.3 Å². The number of hydrogen-bond acceptors (Lipinski definition) is 5. The maximum absolute atomic E-state index is 11.0. The van der Waals surface area contributed by atoms with Crippen LogP contribution in [0.5, 0.6) is 0 Å². The van der Waals surface area contributed by atoms with E-state index in [1.807, 2.05) is 0 Å². The lowest BCUT2D eigenvalue weighted by atomic mass is 10.3. The van der Waals surface area contributed by atoms with Crippen molar-refractivity contribution in [3.05, 3.63) is 34.4 Å². The SMILES string of the molecule is CCOC(=O)C=Nc1ccccc1[N+](=O)[O-]. The van der Waals surface area contributed by atoms with Gasteiger partial charge in [-0.3, -0.25) is 10.1 Å². The molecular formula is C10H10N2O4. The molecule has 6 nitrogen and oxygen atoms in total. The first-order valence-corrected chi connectivity index (χ1v) is 4.59. The molecule has 0 unspecified atom stereocenters. The number of benzene rings is 1. The maximum Gasteiger partial charge on any atom is 0.349 e. The quantitative estimate of drug-likeness (QED) is 0.337. The van der Waals surface area contributed by atoms with Crippen LogP contribution in [-0.4, -0.2) is 23.7 Å². The lowest BCUT2D eigenvalue weighted by Crippen LogP contribution is -2.04. The van der Waals surface area contributed by atoms with E-state index in [4.69, 9.17) is 0 Å². The fourth-order valence-corrected chi connectivity index (χ4v) is 1.03. The summed E-state index contributed by atoms with van der Waals surface area (Å²) in [6.07, 6.45) is 0.922. The van der Waals surface area contributed by atoms with E-state index in [9.17, 15) is 14.9 Å². The van der Waals surface area contributed by atoms with Crippen LogP contribution in [0.4, 0.5) is 11.4 Å². The van der Waals surface area contributed by atoms with Crippen LogP contribution in [0.1, 0.15) is 6.92 Å². The molecule has 1 aromatic rings. The zero-order valence-corrected chi connectivity index (χ0v) is 8.62. The monoisotopic (exact) mass is 222 g/mol. The van der Waals surface area contributed by atoms with E-state index >= 15 is 0 Å². The van der Waals surface area contributed by atoms with E-state index in [0.717, 1.165) is 6.21 Å². The second-order valence-electron chi connectivity index (χ2n) is 2.76. The fraction of sp³-hybridized carbons (Fsp3) is 0.200. The first-order chi connectivity index (χ1) is 7.65. The smallest absolute Gasteiger partial charge is 0.349 e. The first-order valence-electron chi connectivity index (χ1n) is 4.59. The number of nitro benzene ring substituents is 1. The number of aliphatic imine (C=N–C) groups is 1. The van der Waals surface area contributed by atoms with Gasteiger partial charge < -0.3 is 4.74 Å². The number of hydrogen-bond donors (Lipinski definition) is 0. The summed E-state index contributed by atoms with van der Waals surface area (Å²) < 4.78 is 4.61. The highest BCUT2D eigenvalue weighted by atomic mass is 16.6. The molecule has 0 aliphatic heterocycles. The molecule has 6 heteroatoms. The van der Waals surface area contributed by atoms with Gasteiger partial charge in [-0.2, -0.15) is 0 Å². The van der Waals surface area contributed by atoms with E-state index in [1.54, 1.807) is 13.0 Å². The Hall–Kier alpha value is -2.24. The Kier molecular flexibility index (Phi) is 4.14. The highest BCUT2D eigenvalue weighted by Crippen LogP contribution is 2.25. The molecule has 0 aliphatic carbocycles. The second-order valence-corrected chi connectivity index (χ2v) is 2.76. The first kappa shape index (κ1) is 11.8. The van der Waals surface area contributed by atoms with Crippen molar-refractivity contribution >= 4 is 23.6 Å². The topological polar surface area (TPSA) is 81.8 Å². The predicted molar refractivity (Wildman–Crippen MR) is 57.9 cm³/mol. The number of nitro groups is 1. The molecule has 0 amide bonds. The van der Waals surface area contributed by atoms with Gasteiger partial charge in [0.15, 0.2) is 0 Å². The molecule has 0 saturated carbocycles. The molecule has 0 saturated heterocycles. The summed E-state index contributed by atoms with van der Waals surface area (Å²) in [6, 6.07) is 5.90. The zero-order chi connectivity index (χ0) is 12.0. The third-order valence-electron chi connectivity index (χ3n) is 1.67. The van der Waals surface area contributed by atoms with Crippen LogP contribution in [0.2, 0.25) is 0 Å². The summed E-state index contributed by atoms with van der Waals surface area (Å²) in [4.78, 5) is 24.7. The van der Waals surface area contributed by atoms with Gasteiger partial charge in [-0.05, 0) is 13.0 Å². The molecule has 0 fully saturated rings. The van der Waals surface area contributed by atoms with Gasteiger partial charge in [0.05, 0.1) is 11.5 Å². The summed E-state index contributed by atoms with van der Waals surface area (Å²) in [6.45, 7) is 1.90. The molecule has 0 atom stereocenters. The molecule has 0 N–H and O–H groups in total. The Labute approximate surface area is 91.7 Å². The van der Waals surface area contributed by atoms with Crippen LogP contribution in [0.3, 0.4) is 0 Å². The van der Waals surface area contributed by atoms with E-state index < -0.39 is 10.9 Å². The van der Waals surface area contributed by atoms with Gasteiger partial charge in [-0.1, -0.05) is 12.1 Å². The molecule has 1 aromatic carbocycles. The fourth-order valence-electron chi connectivity index (χ4n) is 1.03. The minimum atomic E-state index is -0.624. The molecular weight excluding hydrogens is 212 g/mol. The molecule has 0 heterocycles. The highest BCUT2D eigenvalue weighted by molar-refractivity contribution is 6.23. The van der Waals surface area contributed by atoms with E-state index in [-0.39, 0.29) is 18.0 Å². The van der Waals surface area contributed by atoms with Crippen molar-refractivity contribution in [1.82, 2.24) is 0 Å². The van der Waals surface area contributed by atoms with Crippen LogP contribution in [-0.2, 0) is 9.53 Å². The molecule has 0 aliphatic rings. The van der Waals surface area contributed by atoms with Gasteiger partial charge in [-0.15, -0.1) is 0 Å². The third kappa shape index (κ3) is 3.16. The van der Waals surface area contributed by atoms with Gasteiger partial charge in [0.1, 0.15) is 11.9 Å². The van der Waals surface area contributed by atoms with Crippen molar-refractivity contribution in [3.63, 3.8) is 0 Å². The van der Waals surface area contributed by atoms with Crippen LogP contribution in [0.25, 0.3) is 0 Å². The largest absolute Gasteiger partial charge is 0.462 e. The Morgan fingerprint density at radius 2 is 2.25 bits per heavy atom. The van der Waals surface area contributed by atoms with Gasteiger partial charge in [0, 0.05) is 6.07 Å². The lowest BCUT2D eigenvalue weighted by Gasteiger charge is -1.96. The van der Waals surface area contributed by atoms with Gasteiger partial charge >= 0.3 is 5.97 Å². The number of nitrogens with zero attached hydrogens (tertiary/aromatic N) is 2. The lowest BCUT2D eigenvalue weighted by molar-refractivity contribution is -0.384. The number of rotatable bonds is 4. The van der Waals surface area contributed by atoms with Crippen LogP contribution < -0.4 is 0 Å². The predicted octanol–water partition coefficient (Wildman–Crippen LogP) is 1.86. The van der Waals surface area contributed by atoms with E-state index in [2.05, 4.69) is 9.73 Å². The van der Waals surface area contributed by atoms with Crippen molar-refractivity contribution in [2.75, 3.05) is 6.61 Å². The molecule has 0 radical (unpaired) electrons. The zero-order valence-electron chi connectivity index (χ0n) is 8.62. The normalized spacial score (nSPS) is 10.3. The number of carbonyl (C=O) groups is 1. The van der Waals surface area contributed by atoms with Crippen molar-refractivity contribution < 1.29 is 14.5 Å².